The minimum atomic E-state index is -4.83. The second-order valence-electron chi connectivity index (χ2n) is 11.0. The SMILES string of the molecule is O=C(O)c1cc2cc(N3[C@@H]4CC[C@H]3CC(OCc3c(-c5ccccc5OC(F)(F)F)noc3C3CC3)C4)ccc2o1. The minimum absolute atomic E-state index is 0.0310. The number of nitrogens with zero attached hydrogens (tertiary/aromatic N) is 2. The number of aromatic carboxylic acids is 1. The number of carboxylic acid groups (broad SMARTS) is 1. The van der Waals surface area contributed by atoms with Gasteiger partial charge in [-0.15, -0.1) is 13.2 Å². The van der Waals surface area contributed by atoms with Crippen molar-refractivity contribution in [3.05, 3.63) is 65.6 Å². The number of rotatable bonds is 8. The van der Waals surface area contributed by atoms with Crippen LogP contribution in [0.4, 0.5) is 18.9 Å². The molecule has 11 heteroatoms. The van der Waals surface area contributed by atoms with Gasteiger partial charge in [0.1, 0.15) is 22.8 Å². The molecule has 1 unspecified atom stereocenters. The summed E-state index contributed by atoms with van der Waals surface area (Å²) in [6, 6.07) is 13.8. The molecule has 1 aliphatic carbocycles. The fourth-order valence-corrected chi connectivity index (χ4v) is 6.40. The highest BCUT2D eigenvalue weighted by molar-refractivity contribution is 5.92. The quantitative estimate of drug-likeness (QED) is 0.237. The lowest BCUT2D eigenvalue weighted by molar-refractivity contribution is -0.274. The van der Waals surface area contributed by atoms with Gasteiger partial charge in [0.2, 0.25) is 5.76 Å². The number of furan rings is 1. The maximum Gasteiger partial charge on any atom is 0.573 e. The molecule has 4 heterocycles. The fraction of sp³-hybridized carbons (Fsp3) is 0.400. The van der Waals surface area contributed by atoms with Gasteiger partial charge in [-0.25, -0.2) is 4.79 Å². The Bertz CT molecular complexity index is 1590. The molecule has 8 nitrogen and oxygen atoms in total. The molecule has 0 spiro atoms. The van der Waals surface area contributed by atoms with Crippen LogP contribution in [-0.4, -0.2) is 40.8 Å². The number of hydrogen-bond acceptors (Lipinski definition) is 7. The molecule has 1 N–H and O–H groups in total. The van der Waals surface area contributed by atoms with Gasteiger partial charge in [-0.2, -0.15) is 0 Å². The standard InChI is InChI=1S/C30H27F3N2O6/c31-30(32,33)40-25-4-2-1-3-22(25)27-23(28(41-34-27)16-5-6-16)15-38-21-13-19-7-8-20(14-21)35(19)18-9-10-24-17(11-18)12-26(39-24)29(36)37/h1-4,9-12,16,19-21H,5-8,13-15H2,(H,36,37)/t19-,20+,21?. The van der Waals surface area contributed by atoms with Crippen LogP contribution < -0.4 is 9.64 Å². The summed E-state index contributed by atoms with van der Waals surface area (Å²) in [7, 11) is 0. The number of hydrogen-bond donors (Lipinski definition) is 1. The number of benzene rings is 2. The number of alkyl halides is 3. The highest BCUT2D eigenvalue weighted by atomic mass is 19.4. The third-order valence-corrected chi connectivity index (χ3v) is 8.30. The Morgan fingerprint density at radius 3 is 2.51 bits per heavy atom. The van der Waals surface area contributed by atoms with Crippen molar-refractivity contribution in [3.63, 3.8) is 0 Å². The first-order valence-electron chi connectivity index (χ1n) is 13.7. The maximum absolute atomic E-state index is 13.1. The van der Waals surface area contributed by atoms with Gasteiger partial charge in [-0.05, 0) is 74.9 Å². The molecule has 4 aromatic rings. The van der Waals surface area contributed by atoms with Crippen LogP contribution in [0.15, 0.2) is 57.5 Å². The van der Waals surface area contributed by atoms with E-state index >= 15 is 0 Å². The molecule has 3 fully saturated rings. The molecule has 3 aliphatic rings. The molecule has 7 rings (SSSR count). The second-order valence-corrected chi connectivity index (χ2v) is 11.0. The summed E-state index contributed by atoms with van der Waals surface area (Å²) in [4.78, 5) is 13.7. The Labute approximate surface area is 232 Å². The van der Waals surface area contributed by atoms with Gasteiger partial charge in [0.15, 0.2) is 0 Å². The van der Waals surface area contributed by atoms with Crippen LogP contribution in [0.5, 0.6) is 5.75 Å². The average molecular weight is 569 g/mol. The van der Waals surface area contributed by atoms with E-state index in [1.54, 1.807) is 18.2 Å². The zero-order valence-corrected chi connectivity index (χ0v) is 21.9. The number of ether oxygens (including phenoxy) is 2. The Hall–Kier alpha value is -3.99. The normalized spacial score (nSPS) is 22.4. The van der Waals surface area contributed by atoms with Gasteiger partial charge in [0.05, 0.1) is 12.7 Å². The van der Waals surface area contributed by atoms with E-state index in [0.29, 0.717) is 22.6 Å². The third-order valence-electron chi connectivity index (χ3n) is 8.30. The predicted octanol–water partition coefficient (Wildman–Crippen LogP) is 7.28. The van der Waals surface area contributed by atoms with E-state index in [4.69, 9.17) is 13.7 Å². The number of para-hydroxylation sites is 1. The van der Waals surface area contributed by atoms with Gasteiger partial charge in [0.25, 0.3) is 0 Å². The second kappa shape index (κ2) is 9.83. The topological polar surface area (TPSA) is 98.2 Å². The van der Waals surface area contributed by atoms with Crippen molar-refractivity contribution in [1.82, 2.24) is 5.16 Å². The van der Waals surface area contributed by atoms with Crippen LogP contribution in [-0.2, 0) is 11.3 Å². The molecular weight excluding hydrogens is 541 g/mol. The molecule has 0 radical (unpaired) electrons. The number of anilines is 1. The zero-order valence-electron chi connectivity index (χ0n) is 21.9. The lowest BCUT2D eigenvalue weighted by Crippen LogP contribution is -2.45. The lowest BCUT2D eigenvalue weighted by atomic mass is 9.98. The molecule has 2 saturated heterocycles. The smallest absolute Gasteiger partial charge is 0.475 e. The number of halogens is 3. The van der Waals surface area contributed by atoms with Gasteiger partial charge in [-0.1, -0.05) is 17.3 Å². The molecule has 2 aromatic carbocycles. The maximum atomic E-state index is 13.1. The minimum Gasteiger partial charge on any atom is -0.475 e. The highest BCUT2D eigenvalue weighted by Crippen LogP contribution is 2.46. The van der Waals surface area contributed by atoms with E-state index in [0.717, 1.165) is 49.6 Å². The van der Waals surface area contributed by atoms with Gasteiger partial charge in [-0.3, -0.25) is 0 Å². The van der Waals surface area contributed by atoms with E-state index in [9.17, 15) is 23.1 Å². The summed E-state index contributed by atoms with van der Waals surface area (Å²) in [5, 5.41) is 14.2. The number of carbonyl (C=O) groups is 1. The predicted molar refractivity (Wildman–Crippen MR) is 141 cm³/mol. The van der Waals surface area contributed by atoms with Crippen molar-refractivity contribution >= 4 is 22.6 Å². The monoisotopic (exact) mass is 568 g/mol. The highest BCUT2D eigenvalue weighted by Gasteiger charge is 2.42. The molecule has 2 bridgehead atoms. The fourth-order valence-electron chi connectivity index (χ4n) is 6.40. The third kappa shape index (κ3) is 5.03. The first kappa shape index (κ1) is 25.9. The van der Waals surface area contributed by atoms with Crippen LogP contribution in [0, 0.1) is 0 Å². The van der Waals surface area contributed by atoms with Crippen molar-refractivity contribution in [2.75, 3.05) is 4.90 Å². The van der Waals surface area contributed by atoms with E-state index in [1.807, 2.05) is 18.2 Å². The molecule has 3 atom stereocenters. The Morgan fingerprint density at radius 1 is 1.05 bits per heavy atom. The molecule has 2 aliphatic heterocycles. The Kier molecular flexibility index (Phi) is 6.22. The average Bonchev–Trinajstić information content (AvgIpc) is 3.44. The van der Waals surface area contributed by atoms with Crippen LogP contribution >= 0.6 is 0 Å². The summed E-state index contributed by atoms with van der Waals surface area (Å²) in [6.45, 7) is 0.189. The summed E-state index contributed by atoms with van der Waals surface area (Å²) in [5.74, 6) is -0.635. The largest absolute Gasteiger partial charge is 0.573 e. The van der Waals surface area contributed by atoms with E-state index in [-0.39, 0.29) is 47.8 Å². The van der Waals surface area contributed by atoms with Crippen LogP contribution in [0.2, 0.25) is 0 Å². The van der Waals surface area contributed by atoms with E-state index in [1.165, 1.54) is 12.1 Å². The van der Waals surface area contributed by atoms with Crippen molar-refractivity contribution in [2.24, 2.45) is 0 Å². The van der Waals surface area contributed by atoms with E-state index in [2.05, 4.69) is 14.8 Å². The number of aromatic nitrogens is 1. The van der Waals surface area contributed by atoms with Crippen LogP contribution in [0.1, 0.15) is 66.3 Å². The van der Waals surface area contributed by atoms with Crippen molar-refractivity contribution in [3.8, 4) is 17.0 Å². The number of piperidine rings is 1. The van der Waals surface area contributed by atoms with Crippen molar-refractivity contribution < 1.29 is 41.5 Å². The summed E-state index contributed by atoms with van der Waals surface area (Å²) < 4.78 is 61.1. The molecule has 2 aromatic heterocycles. The van der Waals surface area contributed by atoms with Gasteiger partial charge >= 0.3 is 12.3 Å². The van der Waals surface area contributed by atoms with Crippen LogP contribution in [0.25, 0.3) is 22.2 Å². The summed E-state index contributed by atoms with van der Waals surface area (Å²) in [6.07, 6.45) is 0.658. The summed E-state index contributed by atoms with van der Waals surface area (Å²) >= 11 is 0. The van der Waals surface area contributed by atoms with E-state index < -0.39 is 12.3 Å². The Morgan fingerprint density at radius 2 is 1.80 bits per heavy atom. The van der Waals surface area contributed by atoms with Crippen molar-refractivity contribution in [2.45, 2.75) is 75.6 Å². The molecule has 0 amide bonds. The van der Waals surface area contributed by atoms with Crippen molar-refractivity contribution in [1.29, 1.82) is 0 Å². The summed E-state index contributed by atoms with van der Waals surface area (Å²) in [5.41, 5.74) is 2.78. The molecule has 41 heavy (non-hydrogen) atoms. The Balaban J connectivity index is 1.09. The molecule has 214 valence electrons. The number of fused-ring (bicyclic) bond motifs is 3. The zero-order chi connectivity index (χ0) is 28.3. The molecular formula is C30H27F3N2O6. The number of carboxylic acids is 1. The lowest BCUT2D eigenvalue weighted by Gasteiger charge is -2.40. The first-order valence-corrected chi connectivity index (χ1v) is 13.7. The van der Waals surface area contributed by atoms with Gasteiger partial charge in [0, 0.05) is 40.2 Å². The van der Waals surface area contributed by atoms with Crippen LogP contribution in [0.3, 0.4) is 0 Å². The molecule has 1 saturated carbocycles. The van der Waals surface area contributed by atoms with Gasteiger partial charge < -0.3 is 28.4 Å². The first-order chi connectivity index (χ1) is 19.7.